The van der Waals surface area contributed by atoms with Crippen molar-refractivity contribution in [1.82, 2.24) is 10.6 Å². The SMILES string of the molecule is O=C(NC(Cc1ccccc1)C(=O)NCc1cccc(F)c1)OCc1ccccc1. The van der Waals surface area contributed by atoms with Gasteiger partial charge < -0.3 is 15.4 Å². The molecule has 5 nitrogen and oxygen atoms in total. The molecule has 0 fully saturated rings. The molecule has 2 amide bonds. The molecule has 0 bridgehead atoms. The Kier molecular flexibility index (Phi) is 7.55. The van der Waals surface area contributed by atoms with Gasteiger partial charge in [-0.1, -0.05) is 72.8 Å². The van der Waals surface area contributed by atoms with Crippen LogP contribution in [0.2, 0.25) is 0 Å². The number of benzene rings is 3. The number of nitrogens with one attached hydrogen (secondary N) is 2. The topological polar surface area (TPSA) is 67.4 Å². The van der Waals surface area contributed by atoms with Gasteiger partial charge in [0.25, 0.3) is 0 Å². The monoisotopic (exact) mass is 406 g/mol. The van der Waals surface area contributed by atoms with Crippen LogP contribution in [0.15, 0.2) is 84.9 Å². The Morgan fingerprint density at radius 3 is 2.13 bits per heavy atom. The van der Waals surface area contributed by atoms with E-state index in [9.17, 15) is 14.0 Å². The average Bonchev–Trinajstić information content (AvgIpc) is 2.77. The van der Waals surface area contributed by atoms with Crippen LogP contribution >= 0.6 is 0 Å². The van der Waals surface area contributed by atoms with E-state index in [4.69, 9.17) is 4.74 Å². The number of carbonyl (C=O) groups excluding carboxylic acids is 2. The molecule has 0 aliphatic carbocycles. The molecular weight excluding hydrogens is 383 g/mol. The smallest absolute Gasteiger partial charge is 0.408 e. The summed E-state index contributed by atoms with van der Waals surface area (Å²) < 4.78 is 18.6. The van der Waals surface area contributed by atoms with Gasteiger partial charge in [0.1, 0.15) is 18.5 Å². The largest absolute Gasteiger partial charge is 0.445 e. The van der Waals surface area contributed by atoms with Crippen molar-refractivity contribution in [2.24, 2.45) is 0 Å². The molecule has 30 heavy (non-hydrogen) atoms. The van der Waals surface area contributed by atoms with Crippen LogP contribution in [0.25, 0.3) is 0 Å². The van der Waals surface area contributed by atoms with Crippen LogP contribution < -0.4 is 10.6 Å². The highest BCUT2D eigenvalue weighted by atomic mass is 19.1. The van der Waals surface area contributed by atoms with Crippen molar-refractivity contribution >= 4 is 12.0 Å². The molecule has 1 unspecified atom stereocenters. The highest BCUT2D eigenvalue weighted by Crippen LogP contribution is 2.07. The third-order valence-electron chi connectivity index (χ3n) is 4.46. The molecule has 0 aliphatic rings. The lowest BCUT2D eigenvalue weighted by molar-refractivity contribution is -0.123. The van der Waals surface area contributed by atoms with Crippen molar-refractivity contribution in [3.8, 4) is 0 Å². The first-order valence-corrected chi connectivity index (χ1v) is 9.63. The van der Waals surface area contributed by atoms with Crippen LogP contribution in [0.4, 0.5) is 9.18 Å². The predicted molar refractivity (Wildman–Crippen MR) is 112 cm³/mol. The molecule has 3 rings (SSSR count). The van der Waals surface area contributed by atoms with Crippen LogP contribution in [0.1, 0.15) is 16.7 Å². The molecule has 154 valence electrons. The van der Waals surface area contributed by atoms with Gasteiger partial charge in [-0.3, -0.25) is 4.79 Å². The summed E-state index contributed by atoms with van der Waals surface area (Å²) in [6.45, 7) is 0.262. The van der Waals surface area contributed by atoms with E-state index in [1.165, 1.54) is 12.1 Å². The van der Waals surface area contributed by atoms with Crippen LogP contribution in [-0.4, -0.2) is 18.0 Å². The lowest BCUT2D eigenvalue weighted by Crippen LogP contribution is -2.48. The van der Waals surface area contributed by atoms with Gasteiger partial charge in [-0.15, -0.1) is 0 Å². The maximum atomic E-state index is 13.3. The lowest BCUT2D eigenvalue weighted by atomic mass is 10.1. The Morgan fingerprint density at radius 2 is 1.47 bits per heavy atom. The van der Waals surface area contributed by atoms with E-state index < -0.39 is 12.1 Å². The highest BCUT2D eigenvalue weighted by molar-refractivity contribution is 5.85. The van der Waals surface area contributed by atoms with Gasteiger partial charge >= 0.3 is 6.09 Å². The van der Waals surface area contributed by atoms with Crippen molar-refractivity contribution in [1.29, 1.82) is 0 Å². The summed E-state index contributed by atoms with van der Waals surface area (Å²) in [5, 5.41) is 5.39. The average molecular weight is 406 g/mol. The van der Waals surface area contributed by atoms with E-state index in [-0.39, 0.29) is 24.9 Å². The molecule has 1 atom stereocenters. The summed E-state index contributed by atoms with van der Waals surface area (Å²) in [5.74, 6) is -0.745. The van der Waals surface area contributed by atoms with Crippen molar-refractivity contribution in [3.63, 3.8) is 0 Å². The van der Waals surface area contributed by atoms with Crippen molar-refractivity contribution in [3.05, 3.63) is 107 Å². The number of rotatable bonds is 8. The molecule has 6 heteroatoms. The van der Waals surface area contributed by atoms with Crippen LogP contribution in [-0.2, 0) is 29.1 Å². The minimum atomic E-state index is -0.829. The molecule has 0 aromatic heterocycles. The maximum absolute atomic E-state index is 13.3. The zero-order chi connectivity index (χ0) is 21.2. The first-order chi connectivity index (χ1) is 14.6. The van der Waals surface area contributed by atoms with Gasteiger partial charge in [0.2, 0.25) is 5.91 Å². The van der Waals surface area contributed by atoms with Crippen molar-refractivity contribution in [2.45, 2.75) is 25.6 Å². The summed E-state index contributed by atoms with van der Waals surface area (Å²) in [5.41, 5.74) is 2.38. The highest BCUT2D eigenvalue weighted by Gasteiger charge is 2.22. The minimum absolute atomic E-state index is 0.107. The van der Waals surface area contributed by atoms with Gasteiger partial charge in [-0.2, -0.15) is 0 Å². The van der Waals surface area contributed by atoms with E-state index in [0.29, 0.717) is 12.0 Å². The van der Waals surface area contributed by atoms with E-state index in [0.717, 1.165) is 11.1 Å². The standard InChI is InChI=1S/C24H23FN2O3/c25-21-13-7-12-20(14-21)16-26-23(28)22(15-18-8-3-1-4-9-18)27-24(29)30-17-19-10-5-2-6-11-19/h1-14,22H,15-17H2,(H,26,28)(H,27,29). The summed E-state index contributed by atoms with van der Waals surface area (Å²) >= 11 is 0. The Morgan fingerprint density at radius 1 is 0.833 bits per heavy atom. The fourth-order valence-corrected chi connectivity index (χ4v) is 2.93. The third-order valence-corrected chi connectivity index (χ3v) is 4.46. The number of ether oxygens (including phenoxy) is 1. The van der Waals surface area contributed by atoms with Crippen molar-refractivity contribution in [2.75, 3.05) is 0 Å². The molecule has 0 spiro atoms. The fraction of sp³-hybridized carbons (Fsp3) is 0.167. The summed E-state index contributed by atoms with van der Waals surface area (Å²) in [7, 11) is 0. The molecule has 3 aromatic carbocycles. The second-order valence-corrected chi connectivity index (χ2v) is 6.80. The Bertz CT molecular complexity index is 964. The van der Waals surface area contributed by atoms with E-state index in [1.54, 1.807) is 12.1 Å². The van der Waals surface area contributed by atoms with Crippen LogP contribution in [0.3, 0.4) is 0 Å². The second kappa shape index (κ2) is 10.8. The molecule has 0 saturated heterocycles. The number of hydrogen-bond acceptors (Lipinski definition) is 3. The van der Waals surface area contributed by atoms with E-state index in [2.05, 4.69) is 10.6 Å². The first-order valence-electron chi connectivity index (χ1n) is 9.63. The van der Waals surface area contributed by atoms with Gasteiger partial charge in [0, 0.05) is 13.0 Å². The summed E-state index contributed by atoms with van der Waals surface area (Å²) in [6, 6.07) is 23.8. The molecule has 0 radical (unpaired) electrons. The second-order valence-electron chi connectivity index (χ2n) is 6.80. The lowest BCUT2D eigenvalue weighted by Gasteiger charge is -2.19. The Hall–Kier alpha value is -3.67. The number of carbonyl (C=O) groups is 2. The summed E-state index contributed by atoms with van der Waals surface area (Å²) in [4.78, 5) is 25.0. The third kappa shape index (κ3) is 6.74. The van der Waals surface area contributed by atoms with E-state index >= 15 is 0 Å². The molecule has 0 heterocycles. The van der Waals surface area contributed by atoms with Gasteiger partial charge in [0.05, 0.1) is 0 Å². The Labute approximate surface area is 174 Å². The zero-order valence-electron chi connectivity index (χ0n) is 16.4. The van der Waals surface area contributed by atoms with Gasteiger partial charge in [-0.05, 0) is 28.8 Å². The van der Waals surface area contributed by atoms with Gasteiger partial charge in [-0.25, -0.2) is 9.18 Å². The Balaban J connectivity index is 1.61. The van der Waals surface area contributed by atoms with E-state index in [1.807, 2.05) is 60.7 Å². The predicted octanol–water partition coefficient (Wildman–Crippen LogP) is 3.98. The number of halogens is 1. The maximum Gasteiger partial charge on any atom is 0.408 e. The number of amides is 2. The molecule has 3 aromatic rings. The fourth-order valence-electron chi connectivity index (χ4n) is 2.93. The van der Waals surface area contributed by atoms with Gasteiger partial charge in [0.15, 0.2) is 0 Å². The quantitative estimate of drug-likeness (QED) is 0.595. The number of alkyl carbamates (subject to hydrolysis) is 1. The summed E-state index contributed by atoms with van der Waals surface area (Å²) in [6.07, 6.45) is -0.378. The first kappa shape index (κ1) is 21.0. The van der Waals surface area contributed by atoms with Crippen LogP contribution in [0, 0.1) is 5.82 Å². The molecular formula is C24H23FN2O3. The molecule has 0 aliphatic heterocycles. The molecule has 2 N–H and O–H groups in total. The molecule has 0 saturated carbocycles. The van der Waals surface area contributed by atoms with Crippen LogP contribution in [0.5, 0.6) is 0 Å². The normalized spacial score (nSPS) is 11.4. The number of hydrogen-bond donors (Lipinski definition) is 2. The van der Waals surface area contributed by atoms with Crippen molar-refractivity contribution < 1.29 is 18.7 Å². The minimum Gasteiger partial charge on any atom is -0.445 e. The zero-order valence-corrected chi connectivity index (χ0v) is 16.4.